The van der Waals surface area contributed by atoms with Crippen LogP contribution in [0, 0.1) is 0 Å². The fourth-order valence-electron chi connectivity index (χ4n) is 2.19. The number of hydrogen-bond acceptors (Lipinski definition) is 5. The standard InChI is InChI=1S/C15H21NO3S/c1-18-15(17)11-13-12-16(7-9-19-13)8-10-20-14-5-3-2-4-6-14/h2-6,13H,7-12H2,1H3. The van der Waals surface area contributed by atoms with Crippen molar-refractivity contribution in [1.29, 1.82) is 0 Å². The monoisotopic (exact) mass is 295 g/mol. The van der Waals surface area contributed by atoms with E-state index in [4.69, 9.17) is 4.74 Å². The van der Waals surface area contributed by atoms with Gasteiger partial charge in [0, 0.05) is 30.3 Å². The van der Waals surface area contributed by atoms with Gasteiger partial charge in [-0.3, -0.25) is 9.69 Å². The van der Waals surface area contributed by atoms with Crippen molar-refractivity contribution in [2.75, 3.05) is 39.1 Å². The summed E-state index contributed by atoms with van der Waals surface area (Å²) in [6.07, 6.45) is 0.316. The van der Waals surface area contributed by atoms with Crippen LogP contribution in [0.1, 0.15) is 6.42 Å². The molecule has 110 valence electrons. The molecule has 1 fully saturated rings. The normalized spacial score (nSPS) is 19.8. The molecule has 1 saturated heterocycles. The van der Waals surface area contributed by atoms with Crippen molar-refractivity contribution in [3.8, 4) is 0 Å². The highest BCUT2D eigenvalue weighted by Crippen LogP contribution is 2.17. The average molecular weight is 295 g/mol. The van der Waals surface area contributed by atoms with Crippen LogP contribution >= 0.6 is 11.8 Å². The van der Waals surface area contributed by atoms with Gasteiger partial charge >= 0.3 is 5.97 Å². The average Bonchev–Trinajstić information content (AvgIpc) is 2.48. The number of hydrogen-bond donors (Lipinski definition) is 0. The van der Waals surface area contributed by atoms with Crippen molar-refractivity contribution < 1.29 is 14.3 Å². The number of benzene rings is 1. The van der Waals surface area contributed by atoms with Gasteiger partial charge in [-0.05, 0) is 12.1 Å². The van der Waals surface area contributed by atoms with Gasteiger partial charge in [-0.15, -0.1) is 11.8 Å². The number of nitrogens with zero attached hydrogens (tertiary/aromatic N) is 1. The Morgan fingerprint density at radius 3 is 3.00 bits per heavy atom. The van der Waals surface area contributed by atoms with E-state index in [1.54, 1.807) is 0 Å². The van der Waals surface area contributed by atoms with Gasteiger partial charge in [-0.1, -0.05) is 18.2 Å². The molecular formula is C15H21NO3S. The highest BCUT2D eigenvalue weighted by atomic mass is 32.2. The van der Waals surface area contributed by atoms with E-state index in [0.29, 0.717) is 13.0 Å². The van der Waals surface area contributed by atoms with Gasteiger partial charge in [-0.2, -0.15) is 0 Å². The van der Waals surface area contributed by atoms with E-state index in [1.807, 2.05) is 17.8 Å². The Hall–Kier alpha value is -1.04. The van der Waals surface area contributed by atoms with Crippen LogP contribution in [0.25, 0.3) is 0 Å². The quantitative estimate of drug-likeness (QED) is 0.593. The second-order valence-corrected chi connectivity index (χ2v) is 5.90. The molecule has 0 saturated carbocycles. The molecule has 1 heterocycles. The molecule has 1 unspecified atom stereocenters. The molecule has 2 rings (SSSR count). The molecule has 1 aliphatic rings. The summed E-state index contributed by atoms with van der Waals surface area (Å²) in [4.78, 5) is 14.9. The second kappa shape index (κ2) is 8.29. The minimum Gasteiger partial charge on any atom is -0.469 e. The third kappa shape index (κ3) is 5.15. The molecule has 0 amide bonds. The first kappa shape index (κ1) is 15.4. The van der Waals surface area contributed by atoms with E-state index < -0.39 is 0 Å². The predicted molar refractivity (Wildman–Crippen MR) is 80.0 cm³/mol. The van der Waals surface area contributed by atoms with Crippen LogP contribution in [-0.2, 0) is 14.3 Å². The lowest BCUT2D eigenvalue weighted by Crippen LogP contribution is -2.44. The smallest absolute Gasteiger partial charge is 0.308 e. The first-order valence-corrected chi connectivity index (χ1v) is 7.85. The molecule has 0 spiro atoms. The Kier molecular flexibility index (Phi) is 6.36. The van der Waals surface area contributed by atoms with E-state index in [9.17, 15) is 4.79 Å². The summed E-state index contributed by atoms with van der Waals surface area (Å²) in [5.41, 5.74) is 0. The lowest BCUT2D eigenvalue weighted by atomic mass is 10.2. The molecule has 0 bridgehead atoms. The number of carbonyl (C=O) groups is 1. The first-order valence-electron chi connectivity index (χ1n) is 6.86. The van der Waals surface area contributed by atoms with Gasteiger partial charge < -0.3 is 9.47 Å². The van der Waals surface area contributed by atoms with Crippen molar-refractivity contribution in [3.05, 3.63) is 30.3 Å². The number of thioether (sulfide) groups is 1. The molecule has 20 heavy (non-hydrogen) atoms. The molecule has 0 aliphatic carbocycles. The predicted octanol–water partition coefficient (Wildman–Crippen LogP) is 2.04. The van der Waals surface area contributed by atoms with Crippen molar-refractivity contribution >= 4 is 17.7 Å². The minimum absolute atomic E-state index is 0.0297. The topological polar surface area (TPSA) is 38.8 Å². The summed E-state index contributed by atoms with van der Waals surface area (Å²) in [7, 11) is 1.42. The Balaban J connectivity index is 1.69. The Morgan fingerprint density at radius 2 is 2.25 bits per heavy atom. The highest BCUT2D eigenvalue weighted by Gasteiger charge is 2.22. The van der Waals surface area contributed by atoms with Gasteiger partial charge in [0.05, 0.1) is 26.2 Å². The van der Waals surface area contributed by atoms with Crippen molar-refractivity contribution in [1.82, 2.24) is 4.90 Å². The fraction of sp³-hybridized carbons (Fsp3) is 0.533. The largest absolute Gasteiger partial charge is 0.469 e. The summed E-state index contributed by atoms with van der Waals surface area (Å²) in [6.45, 7) is 3.45. The molecular weight excluding hydrogens is 274 g/mol. The zero-order chi connectivity index (χ0) is 14.2. The summed E-state index contributed by atoms with van der Waals surface area (Å²) >= 11 is 1.86. The lowest BCUT2D eigenvalue weighted by Gasteiger charge is -2.32. The summed E-state index contributed by atoms with van der Waals surface area (Å²) in [5.74, 6) is 0.852. The first-order chi connectivity index (χ1) is 9.78. The maximum absolute atomic E-state index is 11.3. The third-order valence-electron chi connectivity index (χ3n) is 3.26. The molecule has 1 aliphatic heterocycles. The fourth-order valence-corrected chi connectivity index (χ4v) is 3.12. The zero-order valence-corrected chi connectivity index (χ0v) is 12.6. The van der Waals surface area contributed by atoms with Gasteiger partial charge in [0.1, 0.15) is 0 Å². The van der Waals surface area contributed by atoms with E-state index in [-0.39, 0.29) is 12.1 Å². The van der Waals surface area contributed by atoms with Gasteiger partial charge in [0.2, 0.25) is 0 Å². The Morgan fingerprint density at radius 1 is 1.45 bits per heavy atom. The minimum atomic E-state index is -0.199. The summed E-state index contributed by atoms with van der Waals surface area (Å²) < 4.78 is 10.3. The number of morpholine rings is 1. The van der Waals surface area contributed by atoms with Crippen molar-refractivity contribution in [3.63, 3.8) is 0 Å². The number of methoxy groups -OCH3 is 1. The van der Waals surface area contributed by atoms with Gasteiger partial charge in [-0.25, -0.2) is 0 Å². The second-order valence-electron chi connectivity index (χ2n) is 4.74. The Bertz CT molecular complexity index is 413. The molecule has 0 radical (unpaired) electrons. The van der Waals surface area contributed by atoms with Crippen LogP contribution < -0.4 is 0 Å². The molecule has 0 N–H and O–H groups in total. The zero-order valence-electron chi connectivity index (χ0n) is 11.8. The highest BCUT2D eigenvalue weighted by molar-refractivity contribution is 7.99. The maximum atomic E-state index is 11.3. The molecule has 1 aromatic rings. The van der Waals surface area contributed by atoms with Crippen LogP contribution in [0.15, 0.2) is 35.2 Å². The van der Waals surface area contributed by atoms with Crippen LogP contribution in [0.2, 0.25) is 0 Å². The van der Waals surface area contributed by atoms with E-state index in [1.165, 1.54) is 12.0 Å². The number of rotatable bonds is 6. The molecule has 1 atom stereocenters. The van der Waals surface area contributed by atoms with E-state index in [2.05, 4.69) is 33.9 Å². The Labute approximate surface area is 124 Å². The number of esters is 1. The maximum Gasteiger partial charge on any atom is 0.308 e. The van der Waals surface area contributed by atoms with Gasteiger partial charge in [0.25, 0.3) is 0 Å². The van der Waals surface area contributed by atoms with Crippen LogP contribution in [0.5, 0.6) is 0 Å². The van der Waals surface area contributed by atoms with Gasteiger partial charge in [0.15, 0.2) is 0 Å². The van der Waals surface area contributed by atoms with Crippen molar-refractivity contribution in [2.24, 2.45) is 0 Å². The van der Waals surface area contributed by atoms with Crippen molar-refractivity contribution in [2.45, 2.75) is 17.4 Å². The third-order valence-corrected chi connectivity index (χ3v) is 4.26. The summed E-state index contributed by atoms with van der Waals surface area (Å²) in [6, 6.07) is 10.4. The lowest BCUT2D eigenvalue weighted by molar-refractivity contribution is -0.145. The summed E-state index contributed by atoms with van der Waals surface area (Å²) in [5, 5.41) is 0. The molecule has 4 nitrogen and oxygen atoms in total. The van der Waals surface area contributed by atoms with E-state index >= 15 is 0 Å². The van der Waals surface area contributed by atoms with Crippen LogP contribution in [0.3, 0.4) is 0 Å². The van der Waals surface area contributed by atoms with E-state index in [0.717, 1.165) is 25.4 Å². The SMILES string of the molecule is COC(=O)CC1CN(CCSc2ccccc2)CCO1. The van der Waals surface area contributed by atoms with Crippen LogP contribution in [-0.4, -0.2) is 56.1 Å². The molecule has 1 aromatic carbocycles. The van der Waals surface area contributed by atoms with Crippen LogP contribution in [0.4, 0.5) is 0 Å². The number of carbonyl (C=O) groups excluding carboxylic acids is 1. The number of ether oxygens (including phenoxy) is 2. The molecule has 5 heteroatoms. The molecule has 0 aromatic heterocycles.